The maximum absolute atomic E-state index is 12.2. The Morgan fingerprint density at radius 3 is 2.80 bits per heavy atom. The Hall–Kier alpha value is -2.09. The number of methoxy groups -OCH3 is 1. The largest absolute Gasteiger partial charge is 0.494 e. The van der Waals surface area contributed by atoms with E-state index in [9.17, 15) is 4.79 Å². The molecule has 2 rings (SSSR count). The van der Waals surface area contributed by atoms with E-state index in [1.807, 2.05) is 32.0 Å². The predicted octanol–water partition coefficient (Wildman–Crippen LogP) is 2.62. The van der Waals surface area contributed by atoms with Crippen LogP contribution in [-0.4, -0.2) is 45.0 Å². The summed E-state index contributed by atoms with van der Waals surface area (Å²) >= 11 is 1.32. The van der Waals surface area contributed by atoms with E-state index in [1.165, 1.54) is 11.8 Å². The number of carbonyl (C=O) groups excluding carboxylic acids is 1. The number of aryl methyl sites for hydroxylation is 1. The number of thioether (sulfide) groups is 1. The average Bonchev–Trinajstić information content (AvgIpc) is 3.02. The lowest BCUT2D eigenvalue weighted by molar-refractivity contribution is -0.120. The number of aromatic nitrogens is 4. The number of ether oxygens (including phenoxy) is 1. The number of carbonyl (C=O) groups is 1. The van der Waals surface area contributed by atoms with E-state index in [2.05, 4.69) is 34.7 Å². The van der Waals surface area contributed by atoms with Gasteiger partial charge in [0.15, 0.2) is 0 Å². The van der Waals surface area contributed by atoms with Gasteiger partial charge < -0.3 is 10.1 Å². The van der Waals surface area contributed by atoms with E-state index in [0.29, 0.717) is 23.4 Å². The van der Waals surface area contributed by atoms with Crippen LogP contribution < -0.4 is 10.1 Å². The summed E-state index contributed by atoms with van der Waals surface area (Å²) in [4.78, 5) is 12.2. The van der Waals surface area contributed by atoms with Gasteiger partial charge in [0.2, 0.25) is 11.1 Å². The minimum atomic E-state index is -0.298. The van der Waals surface area contributed by atoms with Crippen LogP contribution in [0, 0.1) is 12.8 Å². The Morgan fingerprint density at radius 1 is 1.36 bits per heavy atom. The lowest BCUT2D eigenvalue weighted by atomic mass is 10.1. The molecular formula is C17H25N5O2S. The fourth-order valence-corrected chi connectivity index (χ4v) is 3.03. The lowest BCUT2D eigenvalue weighted by Gasteiger charge is -2.13. The first-order valence-corrected chi connectivity index (χ1v) is 9.18. The molecule has 0 aliphatic heterocycles. The SMILES string of the molecule is COc1ccc(C)cc1-n1nnnc1SC(C)C(=O)NCCC(C)C. The second kappa shape index (κ2) is 8.84. The van der Waals surface area contributed by atoms with Crippen LogP contribution in [0.5, 0.6) is 5.75 Å². The fraction of sp³-hybridized carbons (Fsp3) is 0.529. The molecule has 0 saturated carbocycles. The molecule has 0 radical (unpaired) electrons. The minimum absolute atomic E-state index is 0.0172. The molecule has 1 N–H and O–H groups in total. The second-order valence-corrected chi connectivity index (χ2v) is 7.59. The smallest absolute Gasteiger partial charge is 0.233 e. The highest BCUT2D eigenvalue weighted by Crippen LogP contribution is 2.28. The predicted molar refractivity (Wildman–Crippen MR) is 98.2 cm³/mol. The minimum Gasteiger partial charge on any atom is -0.494 e. The highest BCUT2D eigenvalue weighted by Gasteiger charge is 2.20. The van der Waals surface area contributed by atoms with E-state index in [1.54, 1.807) is 11.8 Å². The van der Waals surface area contributed by atoms with Crippen molar-refractivity contribution in [3.05, 3.63) is 23.8 Å². The summed E-state index contributed by atoms with van der Waals surface area (Å²) in [6.45, 7) is 8.78. The lowest BCUT2D eigenvalue weighted by Crippen LogP contribution is -2.32. The maximum Gasteiger partial charge on any atom is 0.233 e. The van der Waals surface area contributed by atoms with Crippen LogP contribution in [0.3, 0.4) is 0 Å². The number of hydrogen-bond donors (Lipinski definition) is 1. The zero-order valence-corrected chi connectivity index (χ0v) is 16.1. The zero-order chi connectivity index (χ0) is 18.4. The van der Waals surface area contributed by atoms with Gasteiger partial charge in [0.05, 0.1) is 12.4 Å². The molecule has 0 bridgehead atoms. The van der Waals surface area contributed by atoms with Crippen LogP contribution in [0.25, 0.3) is 5.69 Å². The standard InChI is InChI=1S/C17H25N5O2S/c1-11(2)8-9-18-16(23)13(4)25-17-19-20-21-22(17)14-10-12(3)6-7-15(14)24-5/h6-7,10-11,13H,8-9H2,1-5H3,(H,18,23). The van der Waals surface area contributed by atoms with Crippen LogP contribution in [0.1, 0.15) is 32.8 Å². The second-order valence-electron chi connectivity index (χ2n) is 6.28. The molecule has 1 aromatic heterocycles. The summed E-state index contributed by atoms with van der Waals surface area (Å²) in [5.74, 6) is 1.22. The summed E-state index contributed by atoms with van der Waals surface area (Å²) < 4.78 is 7.01. The van der Waals surface area contributed by atoms with Gasteiger partial charge in [-0.1, -0.05) is 31.7 Å². The number of nitrogens with one attached hydrogen (secondary N) is 1. The van der Waals surface area contributed by atoms with Gasteiger partial charge in [0, 0.05) is 6.54 Å². The van der Waals surface area contributed by atoms with Gasteiger partial charge in [-0.15, -0.1) is 5.10 Å². The molecule has 2 aromatic rings. The molecule has 0 fully saturated rings. The first-order valence-electron chi connectivity index (χ1n) is 8.30. The average molecular weight is 363 g/mol. The van der Waals surface area contributed by atoms with Crippen LogP contribution in [0.4, 0.5) is 0 Å². The molecule has 0 aliphatic rings. The van der Waals surface area contributed by atoms with Crippen LogP contribution in [-0.2, 0) is 4.79 Å². The van der Waals surface area contributed by atoms with Gasteiger partial charge in [-0.25, -0.2) is 0 Å². The monoisotopic (exact) mass is 363 g/mol. The molecular weight excluding hydrogens is 338 g/mol. The van der Waals surface area contributed by atoms with Crippen molar-refractivity contribution in [2.45, 2.75) is 44.5 Å². The molecule has 1 unspecified atom stereocenters. The van der Waals surface area contributed by atoms with Gasteiger partial charge in [0.25, 0.3) is 0 Å². The van der Waals surface area contributed by atoms with E-state index in [0.717, 1.165) is 17.7 Å². The number of benzene rings is 1. The molecule has 7 nitrogen and oxygen atoms in total. The topological polar surface area (TPSA) is 81.9 Å². The van der Waals surface area contributed by atoms with Crippen LogP contribution >= 0.6 is 11.8 Å². The zero-order valence-electron chi connectivity index (χ0n) is 15.3. The number of nitrogens with zero attached hydrogens (tertiary/aromatic N) is 4. The summed E-state index contributed by atoms with van der Waals surface area (Å²) in [5, 5.41) is 15.1. The number of tetrazole rings is 1. The van der Waals surface area contributed by atoms with Crippen molar-refractivity contribution in [2.75, 3.05) is 13.7 Å². The molecule has 0 saturated heterocycles. The van der Waals surface area contributed by atoms with E-state index >= 15 is 0 Å². The van der Waals surface area contributed by atoms with Crippen LogP contribution in [0.2, 0.25) is 0 Å². The van der Waals surface area contributed by atoms with Gasteiger partial charge >= 0.3 is 0 Å². The highest BCUT2D eigenvalue weighted by molar-refractivity contribution is 8.00. The first-order chi connectivity index (χ1) is 11.9. The van der Waals surface area contributed by atoms with Crippen molar-refractivity contribution in [1.29, 1.82) is 0 Å². The Kier molecular flexibility index (Phi) is 6.81. The van der Waals surface area contributed by atoms with Gasteiger partial charge in [-0.2, -0.15) is 4.68 Å². The molecule has 1 heterocycles. The van der Waals surface area contributed by atoms with Crippen molar-refractivity contribution in [3.63, 3.8) is 0 Å². The Balaban J connectivity index is 2.11. The molecule has 1 atom stereocenters. The number of rotatable bonds is 8. The highest BCUT2D eigenvalue weighted by atomic mass is 32.2. The van der Waals surface area contributed by atoms with Gasteiger partial charge in [-0.05, 0) is 54.3 Å². The summed E-state index contributed by atoms with van der Waals surface area (Å²) in [6.07, 6.45) is 0.960. The summed E-state index contributed by atoms with van der Waals surface area (Å²) in [5.41, 5.74) is 1.82. The molecule has 25 heavy (non-hydrogen) atoms. The Morgan fingerprint density at radius 2 is 2.12 bits per heavy atom. The van der Waals surface area contributed by atoms with Crippen molar-refractivity contribution in [1.82, 2.24) is 25.5 Å². The molecule has 136 valence electrons. The molecule has 0 aliphatic carbocycles. The molecule has 1 aromatic carbocycles. The van der Waals surface area contributed by atoms with Crippen molar-refractivity contribution in [3.8, 4) is 11.4 Å². The van der Waals surface area contributed by atoms with Crippen molar-refractivity contribution in [2.24, 2.45) is 5.92 Å². The Bertz CT molecular complexity index is 717. The van der Waals surface area contributed by atoms with Crippen molar-refractivity contribution < 1.29 is 9.53 Å². The summed E-state index contributed by atoms with van der Waals surface area (Å²) in [7, 11) is 1.61. The van der Waals surface area contributed by atoms with Crippen molar-refractivity contribution >= 4 is 17.7 Å². The van der Waals surface area contributed by atoms with Crippen LogP contribution in [0.15, 0.2) is 23.4 Å². The molecule has 0 spiro atoms. The summed E-state index contributed by atoms with van der Waals surface area (Å²) in [6, 6.07) is 5.79. The third-order valence-electron chi connectivity index (χ3n) is 3.68. The van der Waals surface area contributed by atoms with Gasteiger partial charge in [0.1, 0.15) is 11.4 Å². The number of amides is 1. The molecule has 8 heteroatoms. The van der Waals surface area contributed by atoms with E-state index in [-0.39, 0.29) is 11.2 Å². The maximum atomic E-state index is 12.2. The first kappa shape index (κ1) is 19.2. The fourth-order valence-electron chi connectivity index (χ4n) is 2.21. The molecule has 1 amide bonds. The van der Waals surface area contributed by atoms with E-state index in [4.69, 9.17) is 4.74 Å². The van der Waals surface area contributed by atoms with Gasteiger partial charge in [-0.3, -0.25) is 4.79 Å². The quantitative estimate of drug-likeness (QED) is 0.726. The third-order valence-corrected chi connectivity index (χ3v) is 4.71. The third kappa shape index (κ3) is 5.19. The van der Waals surface area contributed by atoms with E-state index < -0.39 is 0 Å². The Labute approximate surface area is 152 Å². The number of hydrogen-bond acceptors (Lipinski definition) is 6. The normalized spacial score (nSPS) is 12.2.